The van der Waals surface area contributed by atoms with Crippen molar-refractivity contribution in [3.05, 3.63) is 39.9 Å². The fourth-order valence-corrected chi connectivity index (χ4v) is 4.66. The molecule has 2 atom stereocenters. The van der Waals surface area contributed by atoms with Crippen LogP contribution >= 0.6 is 12.4 Å². The molecule has 0 radical (unpaired) electrons. The maximum absolute atomic E-state index is 13.2. The van der Waals surface area contributed by atoms with Crippen molar-refractivity contribution in [2.75, 3.05) is 0 Å². The van der Waals surface area contributed by atoms with Gasteiger partial charge < -0.3 is 10.6 Å². The van der Waals surface area contributed by atoms with Gasteiger partial charge in [0.05, 0.1) is 4.92 Å². The molecule has 2 N–H and O–H groups in total. The number of nitro groups is 1. The third-order valence-corrected chi connectivity index (χ3v) is 6.17. The molecule has 0 saturated heterocycles. The zero-order valence-corrected chi connectivity index (χ0v) is 16.9. The molecule has 3 rings (SSSR count). The molecule has 0 spiro atoms. The fourth-order valence-electron chi connectivity index (χ4n) is 4.66. The number of rotatable bonds is 5. The van der Waals surface area contributed by atoms with Gasteiger partial charge >= 0.3 is 0 Å². The minimum Gasteiger partial charge on any atom is -0.336 e. The second-order valence-corrected chi connectivity index (χ2v) is 8.18. The van der Waals surface area contributed by atoms with Crippen molar-refractivity contribution in [3.63, 3.8) is 0 Å². The highest BCUT2D eigenvalue weighted by Gasteiger charge is 2.41. The summed E-state index contributed by atoms with van der Waals surface area (Å²) in [5, 5.41) is 10.8. The summed E-state index contributed by atoms with van der Waals surface area (Å²) in [6.45, 7) is 4.55. The van der Waals surface area contributed by atoms with E-state index in [0.29, 0.717) is 18.4 Å². The van der Waals surface area contributed by atoms with Crippen LogP contribution in [0.2, 0.25) is 0 Å². The van der Waals surface area contributed by atoms with Crippen molar-refractivity contribution in [1.82, 2.24) is 4.90 Å². The first-order valence-electron chi connectivity index (χ1n) is 9.66. The third kappa shape index (κ3) is 4.79. The van der Waals surface area contributed by atoms with Crippen molar-refractivity contribution in [2.45, 2.75) is 64.6 Å². The molecule has 6 nitrogen and oxygen atoms in total. The highest BCUT2D eigenvalue weighted by Crippen LogP contribution is 2.42. The Labute approximate surface area is 167 Å². The zero-order chi connectivity index (χ0) is 18.8. The number of hydrogen-bond acceptors (Lipinski definition) is 4. The summed E-state index contributed by atoms with van der Waals surface area (Å²) in [5.74, 6) is 1.22. The van der Waals surface area contributed by atoms with Crippen molar-refractivity contribution >= 4 is 24.0 Å². The van der Waals surface area contributed by atoms with Crippen LogP contribution < -0.4 is 5.73 Å². The molecule has 2 aliphatic carbocycles. The Morgan fingerprint density at radius 2 is 1.78 bits per heavy atom. The van der Waals surface area contributed by atoms with Crippen molar-refractivity contribution < 1.29 is 9.72 Å². The Morgan fingerprint density at radius 1 is 1.22 bits per heavy atom. The molecular formula is C20H30ClN3O3. The average molecular weight is 396 g/mol. The van der Waals surface area contributed by atoms with Crippen LogP contribution in [-0.2, 0) is 11.3 Å². The lowest BCUT2D eigenvalue weighted by Gasteiger charge is -2.45. The number of benzene rings is 1. The Morgan fingerprint density at radius 3 is 2.26 bits per heavy atom. The Bertz CT molecular complexity index is 651. The second-order valence-electron chi connectivity index (χ2n) is 8.18. The Kier molecular flexibility index (Phi) is 7.23. The molecule has 2 bridgehead atoms. The maximum atomic E-state index is 13.2. The fraction of sp³-hybridized carbons (Fsp3) is 0.650. The van der Waals surface area contributed by atoms with Gasteiger partial charge in [-0.15, -0.1) is 12.4 Å². The topological polar surface area (TPSA) is 89.5 Å². The average Bonchev–Trinajstić information content (AvgIpc) is 2.59. The standard InChI is InChI=1S/C20H29N3O3.ClH/c1-13(2)22(12-14-6-8-18(9-7-14)23(25)26)20(24)17-10-15-4-3-5-16(11-17)19(15)21;/h6-9,13,15-17,19H,3-5,10-12,21H2,1-2H3;1H. The van der Waals surface area contributed by atoms with Crippen molar-refractivity contribution in [3.8, 4) is 0 Å². The van der Waals surface area contributed by atoms with Crippen LogP contribution in [0.5, 0.6) is 0 Å². The van der Waals surface area contributed by atoms with E-state index in [0.717, 1.165) is 31.2 Å². The van der Waals surface area contributed by atoms with E-state index in [4.69, 9.17) is 5.73 Å². The SMILES string of the molecule is CC(C)N(Cc1ccc([N+](=O)[O-])cc1)C(=O)C1CC2CCCC(C1)C2N.Cl. The molecule has 0 heterocycles. The first-order valence-corrected chi connectivity index (χ1v) is 9.66. The molecule has 1 aromatic rings. The molecule has 27 heavy (non-hydrogen) atoms. The van der Waals surface area contributed by atoms with Crippen LogP contribution in [0.1, 0.15) is 51.5 Å². The molecule has 2 fully saturated rings. The van der Waals surface area contributed by atoms with Gasteiger partial charge in [0.15, 0.2) is 0 Å². The summed E-state index contributed by atoms with van der Waals surface area (Å²) >= 11 is 0. The van der Waals surface area contributed by atoms with E-state index >= 15 is 0 Å². The number of carbonyl (C=O) groups is 1. The van der Waals surface area contributed by atoms with Crippen molar-refractivity contribution in [1.29, 1.82) is 0 Å². The molecular weight excluding hydrogens is 366 g/mol. The molecule has 7 heteroatoms. The largest absolute Gasteiger partial charge is 0.336 e. The molecule has 1 amide bonds. The maximum Gasteiger partial charge on any atom is 0.269 e. The summed E-state index contributed by atoms with van der Waals surface area (Å²) in [6, 6.07) is 6.84. The highest BCUT2D eigenvalue weighted by atomic mass is 35.5. The molecule has 2 aliphatic rings. The predicted molar refractivity (Wildman–Crippen MR) is 108 cm³/mol. The molecule has 2 saturated carbocycles. The van der Waals surface area contributed by atoms with Gasteiger partial charge in [-0.1, -0.05) is 18.6 Å². The highest BCUT2D eigenvalue weighted by molar-refractivity contribution is 5.85. The quantitative estimate of drug-likeness (QED) is 0.604. The van der Waals surface area contributed by atoms with Gasteiger partial charge in [0.1, 0.15) is 0 Å². The number of nitro benzene ring substituents is 1. The summed E-state index contributed by atoms with van der Waals surface area (Å²) in [4.78, 5) is 25.6. The molecule has 1 aromatic carbocycles. The minimum absolute atomic E-state index is 0. The first-order chi connectivity index (χ1) is 12.4. The summed E-state index contributed by atoms with van der Waals surface area (Å²) in [5.41, 5.74) is 7.36. The minimum atomic E-state index is -0.404. The Hall–Kier alpha value is -1.66. The molecule has 2 unspecified atom stereocenters. The normalized spacial score (nSPS) is 27.0. The number of fused-ring (bicyclic) bond motifs is 2. The zero-order valence-electron chi connectivity index (χ0n) is 16.0. The van der Waals surface area contributed by atoms with Crippen LogP contribution in [0.15, 0.2) is 24.3 Å². The first kappa shape index (κ1) is 21.6. The van der Waals surface area contributed by atoms with Gasteiger partial charge in [0.25, 0.3) is 5.69 Å². The lowest BCUT2D eigenvalue weighted by Crippen LogP contribution is -2.50. The molecule has 150 valence electrons. The van der Waals surface area contributed by atoms with E-state index in [1.807, 2.05) is 18.7 Å². The number of non-ortho nitro benzene ring substituents is 1. The van der Waals surface area contributed by atoms with Crippen LogP contribution in [0.4, 0.5) is 5.69 Å². The van der Waals surface area contributed by atoms with Crippen LogP contribution in [0.3, 0.4) is 0 Å². The smallest absolute Gasteiger partial charge is 0.269 e. The summed E-state index contributed by atoms with van der Waals surface area (Å²) < 4.78 is 0. The van der Waals surface area contributed by atoms with Crippen LogP contribution in [-0.4, -0.2) is 27.8 Å². The number of nitrogens with zero attached hydrogens (tertiary/aromatic N) is 2. The second kappa shape index (κ2) is 9.02. The summed E-state index contributed by atoms with van der Waals surface area (Å²) in [7, 11) is 0. The third-order valence-electron chi connectivity index (χ3n) is 6.17. The Balaban J connectivity index is 0.00000261. The number of nitrogens with two attached hydrogens (primary N) is 1. The van der Waals surface area contributed by atoms with Crippen LogP contribution in [0.25, 0.3) is 0 Å². The number of amides is 1. The van der Waals surface area contributed by atoms with E-state index in [-0.39, 0.29) is 42.0 Å². The van der Waals surface area contributed by atoms with E-state index in [1.54, 1.807) is 12.1 Å². The lowest BCUT2D eigenvalue weighted by molar-refractivity contribution is -0.384. The number of carbonyl (C=O) groups excluding carboxylic acids is 1. The van der Waals surface area contributed by atoms with E-state index in [1.165, 1.54) is 18.6 Å². The molecule has 0 aliphatic heterocycles. The van der Waals surface area contributed by atoms with Gasteiger partial charge in [-0.3, -0.25) is 14.9 Å². The number of hydrogen-bond donors (Lipinski definition) is 1. The van der Waals surface area contributed by atoms with Crippen LogP contribution in [0, 0.1) is 27.9 Å². The van der Waals surface area contributed by atoms with Gasteiger partial charge in [-0.25, -0.2) is 0 Å². The van der Waals surface area contributed by atoms with E-state index < -0.39 is 4.92 Å². The summed E-state index contributed by atoms with van der Waals surface area (Å²) in [6.07, 6.45) is 5.33. The van der Waals surface area contributed by atoms with Gasteiger partial charge in [-0.2, -0.15) is 0 Å². The van der Waals surface area contributed by atoms with Gasteiger partial charge in [0, 0.05) is 36.7 Å². The van der Waals surface area contributed by atoms with Crippen molar-refractivity contribution in [2.24, 2.45) is 23.5 Å². The lowest BCUT2D eigenvalue weighted by atomic mass is 9.65. The number of halogens is 1. The predicted octanol–water partition coefficient (Wildman–Crippen LogP) is 3.91. The van der Waals surface area contributed by atoms with Gasteiger partial charge in [0.2, 0.25) is 5.91 Å². The van der Waals surface area contributed by atoms with E-state index in [9.17, 15) is 14.9 Å². The van der Waals surface area contributed by atoms with Gasteiger partial charge in [-0.05, 0) is 56.9 Å². The van der Waals surface area contributed by atoms with E-state index in [2.05, 4.69) is 0 Å². The molecule has 0 aromatic heterocycles. The monoisotopic (exact) mass is 395 g/mol.